The Hall–Kier alpha value is -3.56. The molecule has 0 radical (unpaired) electrons. The van der Waals surface area contributed by atoms with E-state index in [2.05, 4.69) is 30.7 Å². The molecule has 1 aromatic carbocycles. The summed E-state index contributed by atoms with van der Waals surface area (Å²) in [5.74, 6) is 2.34. The maximum absolute atomic E-state index is 10.5. The highest BCUT2D eigenvalue weighted by Crippen LogP contribution is 2.35. The Morgan fingerprint density at radius 1 is 1.12 bits per heavy atom. The summed E-state index contributed by atoms with van der Waals surface area (Å²) >= 11 is 0. The number of imidazole rings is 1. The molecule has 9 nitrogen and oxygen atoms in total. The van der Waals surface area contributed by atoms with Crippen LogP contribution in [0.25, 0.3) is 16.9 Å². The Labute approximate surface area is 197 Å². The number of aliphatic hydroxyl groups is 1. The first-order valence-electron chi connectivity index (χ1n) is 11.8. The smallest absolute Gasteiger partial charge is 0.153 e. The number of aryl methyl sites for hydroxylation is 1. The molecule has 0 bridgehead atoms. The molecular formula is C25H28N8O. The molecule has 174 valence electrons. The Balaban J connectivity index is 1.38. The van der Waals surface area contributed by atoms with Crippen molar-refractivity contribution in [1.29, 1.82) is 0 Å². The lowest BCUT2D eigenvalue weighted by molar-refractivity contribution is 0.199. The minimum atomic E-state index is -0.587. The summed E-state index contributed by atoms with van der Waals surface area (Å²) in [7, 11) is 0. The van der Waals surface area contributed by atoms with Gasteiger partial charge in [0.15, 0.2) is 5.82 Å². The van der Waals surface area contributed by atoms with Gasteiger partial charge in [-0.05, 0) is 75.7 Å². The number of aliphatic hydroxyl groups excluding tert-OH is 1. The van der Waals surface area contributed by atoms with Crippen molar-refractivity contribution in [3.05, 3.63) is 60.0 Å². The highest BCUT2D eigenvalue weighted by Gasteiger charge is 2.39. The lowest BCUT2D eigenvalue weighted by Crippen LogP contribution is -2.35. The third kappa shape index (κ3) is 3.66. The fourth-order valence-corrected chi connectivity index (χ4v) is 5.15. The van der Waals surface area contributed by atoms with Gasteiger partial charge in [-0.15, -0.1) is 5.10 Å². The van der Waals surface area contributed by atoms with Crippen LogP contribution < -0.4 is 15.5 Å². The standard InChI is InChI=1S/C25H28N8O/c1-15-3-7-23(31-30-15)28-17-4-6-19-22(13-17)33(14-27-19)24-8-5-18(16(2)34)25(29-24)32-12-10-20-21(32)9-11-26-20/h3-8,13-14,16,20-21,26,34H,9-12H2,1-2H3,(H,28,31)/t16?,20-,21+/m0/s1. The molecule has 3 N–H and O–H groups in total. The van der Waals surface area contributed by atoms with E-state index >= 15 is 0 Å². The van der Waals surface area contributed by atoms with Crippen molar-refractivity contribution in [3.8, 4) is 5.82 Å². The monoisotopic (exact) mass is 456 g/mol. The topological polar surface area (TPSA) is 104 Å². The Morgan fingerprint density at radius 3 is 2.85 bits per heavy atom. The van der Waals surface area contributed by atoms with Gasteiger partial charge in [0.05, 0.1) is 22.8 Å². The largest absolute Gasteiger partial charge is 0.389 e. The molecule has 0 aliphatic carbocycles. The van der Waals surface area contributed by atoms with Gasteiger partial charge in [0.2, 0.25) is 0 Å². The number of aromatic nitrogens is 5. The summed E-state index contributed by atoms with van der Waals surface area (Å²) in [6.07, 6.45) is 3.41. The van der Waals surface area contributed by atoms with Crippen LogP contribution in [0.4, 0.5) is 17.3 Å². The van der Waals surface area contributed by atoms with E-state index in [1.54, 1.807) is 13.3 Å². The van der Waals surface area contributed by atoms with E-state index < -0.39 is 6.10 Å². The number of anilines is 3. The van der Waals surface area contributed by atoms with Crippen molar-refractivity contribution in [1.82, 2.24) is 30.0 Å². The molecular weight excluding hydrogens is 428 g/mol. The SMILES string of the molecule is Cc1ccc(Nc2ccc3ncn(-c4ccc(C(C)O)c(N5CC[C@@H]6NCC[C@H]65)n4)c3c2)nn1. The van der Waals surface area contributed by atoms with Crippen molar-refractivity contribution in [2.75, 3.05) is 23.3 Å². The molecule has 4 aromatic rings. The van der Waals surface area contributed by atoms with Crippen LogP contribution in [0.15, 0.2) is 48.8 Å². The van der Waals surface area contributed by atoms with E-state index in [1.807, 2.05) is 54.0 Å². The molecule has 0 amide bonds. The molecule has 2 fully saturated rings. The summed E-state index contributed by atoms with van der Waals surface area (Å²) in [5.41, 5.74) is 4.45. The second-order valence-electron chi connectivity index (χ2n) is 9.16. The number of hydrogen-bond donors (Lipinski definition) is 3. The van der Waals surface area contributed by atoms with Crippen molar-refractivity contribution in [2.45, 2.75) is 44.9 Å². The third-order valence-electron chi connectivity index (χ3n) is 6.87. The number of nitrogens with zero attached hydrogens (tertiary/aromatic N) is 6. The van der Waals surface area contributed by atoms with Gasteiger partial charge in [0.25, 0.3) is 0 Å². The number of rotatable bonds is 5. The van der Waals surface area contributed by atoms with Crippen LogP contribution in [-0.2, 0) is 0 Å². The summed E-state index contributed by atoms with van der Waals surface area (Å²) in [6, 6.07) is 14.7. The predicted octanol–water partition coefficient (Wildman–Crippen LogP) is 3.26. The van der Waals surface area contributed by atoms with Crippen LogP contribution in [-0.4, -0.2) is 55.0 Å². The van der Waals surface area contributed by atoms with Gasteiger partial charge in [-0.1, -0.05) is 0 Å². The van der Waals surface area contributed by atoms with Gasteiger partial charge in [0, 0.05) is 29.9 Å². The van der Waals surface area contributed by atoms with Crippen molar-refractivity contribution >= 4 is 28.4 Å². The van der Waals surface area contributed by atoms with Crippen molar-refractivity contribution < 1.29 is 5.11 Å². The zero-order valence-electron chi connectivity index (χ0n) is 19.3. The number of nitrogens with one attached hydrogen (secondary N) is 2. The zero-order chi connectivity index (χ0) is 23.2. The molecule has 5 heterocycles. The quantitative estimate of drug-likeness (QED) is 0.420. The van der Waals surface area contributed by atoms with Crippen LogP contribution in [0.1, 0.15) is 37.1 Å². The molecule has 2 saturated heterocycles. The van der Waals surface area contributed by atoms with E-state index in [0.717, 1.165) is 65.5 Å². The van der Waals surface area contributed by atoms with Crippen molar-refractivity contribution in [3.63, 3.8) is 0 Å². The van der Waals surface area contributed by atoms with E-state index in [4.69, 9.17) is 4.98 Å². The summed E-state index contributed by atoms with van der Waals surface area (Å²) in [5, 5.41) is 25.7. The average molecular weight is 457 g/mol. The number of fused-ring (bicyclic) bond motifs is 2. The first-order chi connectivity index (χ1) is 16.6. The summed E-state index contributed by atoms with van der Waals surface area (Å²) < 4.78 is 2.00. The summed E-state index contributed by atoms with van der Waals surface area (Å²) in [4.78, 5) is 12.0. The van der Waals surface area contributed by atoms with Gasteiger partial charge in [-0.25, -0.2) is 9.97 Å². The molecule has 2 aliphatic rings. The van der Waals surface area contributed by atoms with Gasteiger partial charge < -0.3 is 20.6 Å². The Kier molecular flexibility index (Phi) is 5.15. The van der Waals surface area contributed by atoms with Crippen LogP contribution in [0.2, 0.25) is 0 Å². The molecule has 34 heavy (non-hydrogen) atoms. The Bertz CT molecular complexity index is 1330. The van der Waals surface area contributed by atoms with Crippen LogP contribution in [0, 0.1) is 6.92 Å². The van der Waals surface area contributed by atoms with E-state index in [-0.39, 0.29) is 0 Å². The van der Waals surface area contributed by atoms with Crippen LogP contribution in [0.5, 0.6) is 0 Å². The predicted molar refractivity (Wildman–Crippen MR) is 132 cm³/mol. The minimum Gasteiger partial charge on any atom is -0.389 e. The fourth-order valence-electron chi connectivity index (χ4n) is 5.15. The highest BCUT2D eigenvalue weighted by atomic mass is 16.3. The van der Waals surface area contributed by atoms with E-state index in [0.29, 0.717) is 17.9 Å². The molecule has 0 saturated carbocycles. The second kappa shape index (κ2) is 8.34. The summed E-state index contributed by atoms with van der Waals surface area (Å²) in [6.45, 7) is 5.69. The highest BCUT2D eigenvalue weighted by molar-refractivity contribution is 5.82. The van der Waals surface area contributed by atoms with Crippen LogP contribution >= 0.6 is 0 Å². The fraction of sp³-hybridized carbons (Fsp3) is 0.360. The maximum Gasteiger partial charge on any atom is 0.153 e. The lowest BCUT2D eigenvalue weighted by atomic mass is 10.1. The second-order valence-corrected chi connectivity index (χ2v) is 9.16. The maximum atomic E-state index is 10.5. The zero-order valence-corrected chi connectivity index (χ0v) is 19.3. The molecule has 1 unspecified atom stereocenters. The number of pyridine rings is 1. The van der Waals surface area contributed by atoms with Crippen LogP contribution in [0.3, 0.4) is 0 Å². The Morgan fingerprint density at radius 2 is 2.03 bits per heavy atom. The molecule has 2 aliphatic heterocycles. The van der Waals surface area contributed by atoms with E-state index in [1.165, 1.54) is 0 Å². The van der Waals surface area contributed by atoms with Gasteiger partial charge in [-0.3, -0.25) is 4.57 Å². The third-order valence-corrected chi connectivity index (χ3v) is 6.87. The van der Waals surface area contributed by atoms with Gasteiger partial charge in [0.1, 0.15) is 18.0 Å². The van der Waals surface area contributed by atoms with Crippen molar-refractivity contribution in [2.24, 2.45) is 0 Å². The molecule has 9 heteroatoms. The minimum absolute atomic E-state index is 0.422. The molecule has 6 rings (SSSR count). The number of hydrogen-bond acceptors (Lipinski definition) is 8. The molecule has 0 spiro atoms. The van der Waals surface area contributed by atoms with E-state index in [9.17, 15) is 5.11 Å². The first-order valence-corrected chi connectivity index (χ1v) is 11.8. The average Bonchev–Trinajstić information content (AvgIpc) is 3.56. The van der Waals surface area contributed by atoms with Gasteiger partial charge in [-0.2, -0.15) is 5.10 Å². The lowest BCUT2D eigenvalue weighted by Gasteiger charge is -2.28. The normalized spacial score (nSPS) is 20.6. The van der Waals surface area contributed by atoms with Gasteiger partial charge >= 0.3 is 0 Å². The first kappa shape index (κ1) is 21.0. The number of benzene rings is 1. The molecule has 3 atom stereocenters. The molecule has 3 aromatic heterocycles.